The van der Waals surface area contributed by atoms with Crippen molar-refractivity contribution in [3.8, 4) is 0 Å². The van der Waals surface area contributed by atoms with Crippen molar-refractivity contribution < 1.29 is 23.1 Å². The smallest absolute Gasteiger partial charge is 0.396 e. The molecular weight excluding hydrogens is 259 g/mol. The van der Waals surface area contributed by atoms with Crippen molar-refractivity contribution in [2.24, 2.45) is 5.92 Å². The summed E-state index contributed by atoms with van der Waals surface area (Å²) < 4.78 is 39.6. The predicted octanol–water partition coefficient (Wildman–Crippen LogP) is 2.13. The normalized spacial score (nSPS) is 21.8. The molecule has 0 spiro atoms. The van der Waals surface area contributed by atoms with Crippen LogP contribution in [0.4, 0.5) is 13.2 Å². The molecule has 1 fully saturated rings. The van der Waals surface area contributed by atoms with Gasteiger partial charge in [0.1, 0.15) is 0 Å². The van der Waals surface area contributed by atoms with Gasteiger partial charge in [0, 0.05) is 25.5 Å². The van der Waals surface area contributed by atoms with Crippen LogP contribution >= 0.6 is 0 Å². The van der Waals surface area contributed by atoms with Crippen LogP contribution in [-0.4, -0.2) is 35.2 Å². The highest BCUT2D eigenvalue weighted by Crippen LogP contribution is 2.40. The first-order valence-electron chi connectivity index (χ1n) is 5.95. The van der Waals surface area contributed by atoms with Crippen molar-refractivity contribution in [1.82, 2.24) is 4.90 Å². The zero-order chi connectivity index (χ0) is 14.0. The number of carbonyl (C=O) groups excluding carboxylic acids is 1. The summed E-state index contributed by atoms with van der Waals surface area (Å²) in [6.45, 7) is -0.337. The number of hydrogen-bond acceptors (Lipinski definition) is 2. The fourth-order valence-corrected chi connectivity index (χ4v) is 2.36. The van der Waals surface area contributed by atoms with E-state index in [0.29, 0.717) is 0 Å². The standard InChI is InChI=1S/C13H14F3NO2/c14-13(15,16)12(10-4-2-1-3-5-10)17-7-9(8-18)6-11(17)19/h1-5,9,12,18H,6-8H2. The SMILES string of the molecule is O=C1CC(CO)CN1C(c1ccccc1)C(F)(F)F. The number of aliphatic hydroxyl groups excluding tert-OH is 1. The Bertz CT molecular complexity index is 447. The maximum atomic E-state index is 13.2. The highest BCUT2D eigenvalue weighted by atomic mass is 19.4. The molecule has 19 heavy (non-hydrogen) atoms. The summed E-state index contributed by atoms with van der Waals surface area (Å²) >= 11 is 0. The zero-order valence-corrected chi connectivity index (χ0v) is 10.1. The molecular formula is C13H14F3NO2. The minimum atomic E-state index is -4.53. The second-order valence-electron chi connectivity index (χ2n) is 4.65. The Hall–Kier alpha value is -1.56. The van der Waals surface area contributed by atoms with Crippen LogP contribution in [0.1, 0.15) is 18.0 Å². The molecule has 0 radical (unpaired) electrons. The minimum Gasteiger partial charge on any atom is -0.396 e. The number of nitrogens with zero attached hydrogens (tertiary/aromatic N) is 1. The van der Waals surface area contributed by atoms with Gasteiger partial charge in [0.05, 0.1) is 0 Å². The zero-order valence-electron chi connectivity index (χ0n) is 10.1. The van der Waals surface area contributed by atoms with E-state index in [1.807, 2.05) is 0 Å². The number of rotatable bonds is 3. The molecule has 2 unspecified atom stereocenters. The molecule has 1 aliphatic heterocycles. The number of benzene rings is 1. The molecule has 2 atom stereocenters. The van der Waals surface area contributed by atoms with Crippen LogP contribution in [0, 0.1) is 5.92 Å². The second-order valence-corrected chi connectivity index (χ2v) is 4.65. The topological polar surface area (TPSA) is 40.5 Å². The van der Waals surface area contributed by atoms with Gasteiger partial charge in [-0.3, -0.25) is 4.79 Å². The molecule has 1 aliphatic rings. The van der Waals surface area contributed by atoms with Crippen LogP contribution in [0.3, 0.4) is 0 Å². The summed E-state index contributed by atoms with van der Waals surface area (Å²) in [7, 11) is 0. The van der Waals surface area contributed by atoms with Gasteiger partial charge in [-0.15, -0.1) is 0 Å². The van der Waals surface area contributed by atoms with E-state index in [0.717, 1.165) is 4.90 Å². The van der Waals surface area contributed by atoms with E-state index in [9.17, 15) is 18.0 Å². The summed E-state index contributed by atoms with van der Waals surface area (Å²) in [6, 6.07) is 5.43. The van der Waals surface area contributed by atoms with E-state index in [-0.39, 0.29) is 25.1 Å². The van der Waals surface area contributed by atoms with Gasteiger partial charge < -0.3 is 10.0 Å². The molecule has 0 aromatic heterocycles. The van der Waals surface area contributed by atoms with Gasteiger partial charge >= 0.3 is 6.18 Å². The van der Waals surface area contributed by atoms with Crippen molar-refractivity contribution in [2.45, 2.75) is 18.6 Å². The van der Waals surface area contributed by atoms with Crippen LogP contribution in [-0.2, 0) is 4.79 Å². The van der Waals surface area contributed by atoms with Crippen molar-refractivity contribution >= 4 is 5.91 Å². The average molecular weight is 273 g/mol. The van der Waals surface area contributed by atoms with Crippen LogP contribution < -0.4 is 0 Å². The molecule has 0 saturated carbocycles. The number of likely N-dealkylation sites (tertiary alicyclic amines) is 1. The van der Waals surface area contributed by atoms with Gasteiger partial charge in [-0.2, -0.15) is 13.2 Å². The Labute approximate surface area is 108 Å². The lowest BCUT2D eigenvalue weighted by molar-refractivity contribution is -0.189. The summed E-state index contributed by atoms with van der Waals surface area (Å²) in [4.78, 5) is 12.5. The van der Waals surface area contributed by atoms with E-state index < -0.39 is 24.0 Å². The van der Waals surface area contributed by atoms with Crippen LogP contribution in [0.2, 0.25) is 0 Å². The summed E-state index contributed by atoms with van der Waals surface area (Å²) in [6.07, 6.45) is -4.56. The molecule has 104 valence electrons. The van der Waals surface area contributed by atoms with E-state index in [4.69, 9.17) is 5.11 Å². The molecule has 1 amide bonds. The third kappa shape index (κ3) is 2.89. The van der Waals surface area contributed by atoms with E-state index in [2.05, 4.69) is 0 Å². The van der Waals surface area contributed by atoms with Crippen molar-refractivity contribution in [1.29, 1.82) is 0 Å². The summed E-state index contributed by atoms with van der Waals surface area (Å²) in [5.74, 6) is -0.980. The molecule has 1 aromatic carbocycles. The molecule has 0 bridgehead atoms. The number of hydrogen-bond donors (Lipinski definition) is 1. The third-order valence-electron chi connectivity index (χ3n) is 3.23. The van der Waals surface area contributed by atoms with Crippen LogP contribution in [0.5, 0.6) is 0 Å². The second kappa shape index (κ2) is 5.21. The number of amides is 1. The van der Waals surface area contributed by atoms with Crippen LogP contribution in [0.25, 0.3) is 0 Å². The molecule has 6 heteroatoms. The Morgan fingerprint density at radius 1 is 1.32 bits per heavy atom. The molecule has 1 N–H and O–H groups in total. The maximum absolute atomic E-state index is 13.2. The Morgan fingerprint density at radius 2 is 1.95 bits per heavy atom. The largest absolute Gasteiger partial charge is 0.413 e. The van der Waals surface area contributed by atoms with E-state index in [1.54, 1.807) is 6.07 Å². The molecule has 1 aromatic rings. The van der Waals surface area contributed by atoms with Crippen LogP contribution in [0.15, 0.2) is 30.3 Å². The monoisotopic (exact) mass is 273 g/mol. The van der Waals surface area contributed by atoms with Crippen molar-refractivity contribution in [3.05, 3.63) is 35.9 Å². The van der Waals surface area contributed by atoms with Gasteiger partial charge in [0.25, 0.3) is 0 Å². The average Bonchev–Trinajstić information content (AvgIpc) is 2.71. The lowest BCUT2D eigenvalue weighted by Gasteiger charge is -2.30. The summed E-state index contributed by atoms with van der Waals surface area (Å²) in [5, 5.41) is 9.00. The first-order valence-corrected chi connectivity index (χ1v) is 5.95. The number of aliphatic hydroxyl groups is 1. The summed E-state index contributed by atoms with van der Waals surface area (Å²) in [5.41, 5.74) is 0.0435. The number of carbonyl (C=O) groups is 1. The fourth-order valence-electron chi connectivity index (χ4n) is 2.36. The molecule has 1 heterocycles. The number of alkyl halides is 3. The number of halogens is 3. The van der Waals surface area contributed by atoms with Gasteiger partial charge in [0.15, 0.2) is 6.04 Å². The van der Waals surface area contributed by atoms with Crippen molar-refractivity contribution in [2.75, 3.05) is 13.2 Å². The van der Waals surface area contributed by atoms with Crippen molar-refractivity contribution in [3.63, 3.8) is 0 Å². The molecule has 3 nitrogen and oxygen atoms in total. The fraction of sp³-hybridized carbons (Fsp3) is 0.462. The highest BCUT2D eigenvalue weighted by molar-refractivity contribution is 5.79. The molecule has 0 aliphatic carbocycles. The van der Waals surface area contributed by atoms with Gasteiger partial charge in [-0.25, -0.2) is 0 Å². The highest BCUT2D eigenvalue weighted by Gasteiger charge is 2.49. The van der Waals surface area contributed by atoms with E-state index in [1.165, 1.54) is 24.3 Å². The third-order valence-corrected chi connectivity index (χ3v) is 3.23. The first-order chi connectivity index (χ1) is 8.93. The maximum Gasteiger partial charge on any atom is 0.413 e. The quantitative estimate of drug-likeness (QED) is 0.916. The Balaban J connectivity index is 2.32. The Morgan fingerprint density at radius 3 is 2.42 bits per heavy atom. The molecule has 2 rings (SSSR count). The van der Waals surface area contributed by atoms with Gasteiger partial charge in [0.2, 0.25) is 5.91 Å². The van der Waals surface area contributed by atoms with Gasteiger partial charge in [-0.05, 0) is 5.56 Å². The lowest BCUT2D eigenvalue weighted by Crippen LogP contribution is -2.39. The van der Waals surface area contributed by atoms with Gasteiger partial charge in [-0.1, -0.05) is 30.3 Å². The first kappa shape index (κ1) is 13.9. The minimum absolute atomic E-state index is 0.0318. The Kier molecular flexibility index (Phi) is 3.80. The predicted molar refractivity (Wildman–Crippen MR) is 62.1 cm³/mol. The molecule has 1 saturated heterocycles. The lowest BCUT2D eigenvalue weighted by atomic mass is 10.1. The van der Waals surface area contributed by atoms with E-state index >= 15 is 0 Å².